The summed E-state index contributed by atoms with van der Waals surface area (Å²) >= 11 is 0. The maximum absolute atomic E-state index is 12.0. The number of aliphatic hydroxyl groups excluding tert-OH is 1. The minimum atomic E-state index is -0.747. The number of rotatable bonds is 8. The summed E-state index contributed by atoms with van der Waals surface area (Å²) in [6.07, 6.45) is 5.84. The standard InChI is InChI=1S/C23H31N3O3/c27-21(19-13-12-17-7-4-5-8-18(17)15-19)16-25-22(28)11-6-14-24-23(29)26-20-9-2-1-3-10-20/h4-5,7-8,12-13,15,20-21,27H,1-3,6,9-11,14,16H2,(H,25,28)(H2,24,26,29). The Hall–Kier alpha value is -2.60. The number of hydrogen-bond donors (Lipinski definition) is 4. The quantitative estimate of drug-likeness (QED) is 0.515. The summed E-state index contributed by atoms with van der Waals surface area (Å²) in [7, 11) is 0. The van der Waals surface area contributed by atoms with Gasteiger partial charge >= 0.3 is 6.03 Å². The Kier molecular flexibility index (Phi) is 7.87. The van der Waals surface area contributed by atoms with Gasteiger partial charge in [-0.1, -0.05) is 55.7 Å². The first kappa shape index (κ1) is 21.1. The Morgan fingerprint density at radius 1 is 1.00 bits per heavy atom. The highest BCUT2D eigenvalue weighted by atomic mass is 16.3. The zero-order chi connectivity index (χ0) is 20.5. The Morgan fingerprint density at radius 2 is 1.76 bits per heavy atom. The van der Waals surface area contributed by atoms with Gasteiger partial charge in [-0.05, 0) is 41.7 Å². The molecule has 2 aromatic rings. The molecule has 2 aromatic carbocycles. The maximum Gasteiger partial charge on any atom is 0.315 e. The highest BCUT2D eigenvalue weighted by Crippen LogP contribution is 2.20. The maximum atomic E-state index is 12.0. The summed E-state index contributed by atoms with van der Waals surface area (Å²) < 4.78 is 0. The second-order valence-electron chi connectivity index (χ2n) is 7.77. The lowest BCUT2D eigenvalue weighted by atomic mass is 9.96. The van der Waals surface area contributed by atoms with E-state index < -0.39 is 6.10 Å². The molecular formula is C23H31N3O3. The van der Waals surface area contributed by atoms with Crippen molar-refractivity contribution >= 4 is 22.7 Å². The van der Waals surface area contributed by atoms with Gasteiger partial charge in [-0.15, -0.1) is 0 Å². The molecule has 1 aliphatic rings. The molecule has 1 atom stereocenters. The van der Waals surface area contributed by atoms with Crippen LogP contribution in [0.5, 0.6) is 0 Å². The van der Waals surface area contributed by atoms with E-state index in [4.69, 9.17) is 0 Å². The average molecular weight is 398 g/mol. The number of fused-ring (bicyclic) bond motifs is 1. The van der Waals surface area contributed by atoms with E-state index in [0.29, 0.717) is 19.4 Å². The van der Waals surface area contributed by atoms with Crippen LogP contribution < -0.4 is 16.0 Å². The van der Waals surface area contributed by atoms with Gasteiger partial charge in [-0.3, -0.25) is 4.79 Å². The van der Waals surface area contributed by atoms with Crippen LogP contribution >= 0.6 is 0 Å². The molecule has 6 heteroatoms. The highest BCUT2D eigenvalue weighted by molar-refractivity contribution is 5.83. The lowest BCUT2D eigenvalue weighted by molar-refractivity contribution is -0.121. The molecule has 0 aromatic heterocycles. The highest BCUT2D eigenvalue weighted by Gasteiger charge is 2.15. The third-order valence-electron chi connectivity index (χ3n) is 5.46. The first-order chi connectivity index (χ1) is 14.1. The Balaban J connectivity index is 1.31. The molecule has 0 aliphatic heterocycles. The molecule has 6 nitrogen and oxygen atoms in total. The number of benzene rings is 2. The van der Waals surface area contributed by atoms with E-state index in [9.17, 15) is 14.7 Å². The first-order valence-electron chi connectivity index (χ1n) is 10.6. The van der Waals surface area contributed by atoms with Gasteiger partial charge in [0.05, 0.1) is 6.10 Å². The predicted octanol–water partition coefficient (Wildman–Crippen LogP) is 3.40. The van der Waals surface area contributed by atoms with Crippen molar-refractivity contribution < 1.29 is 14.7 Å². The van der Waals surface area contributed by atoms with Crippen molar-refractivity contribution in [3.8, 4) is 0 Å². The SMILES string of the molecule is O=C(CCCNC(=O)NC1CCCCC1)NCC(O)c1ccc2ccccc2c1. The molecule has 3 amide bonds. The van der Waals surface area contributed by atoms with E-state index in [-0.39, 0.29) is 24.5 Å². The molecule has 0 heterocycles. The van der Waals surface area contributed by atoms with E-state index in [1.54, 1.807) is 0 Å². The average Bonchev–Trinajstić information content (AvgIpc) is 2.75. The fourth-order valence-electron chi connectivity index (χ4n) is 3.77. The van der Waals surface area contributed by atoms with Gasteiger partial charge in [0.2, 0.25) is 5.91 Å². The van der Waals surface area contributed by atoms with Gasteiger partial charge in [0.25, 0.3) is 0 Å². The van der Waals surface area contributed by atoms with Gasteiger partial charge in [-0.2, -0.15) is 0 Å². The van der Waals surface area contributed by atoms with E-state index in [1.165, 1.54) is 19.3 Å². The van der Waals surface area contributed by atoms with Crippen LogP contribution in [0.3, 0.4) is 0 Å². The van der Waals surface area contributed by atoms with E-state index in [2.05, 4.69) is 16.0 Å². The van der Waals surface area contributed by atoms with Crippen molar-refractivity contribution in [3.05, 3.63) is 48.0 Å². The second-order valence-corrected chi connectivity index (χ2v) is 7.77. The van der Waals surface area contributed by atoms with Crippen molar-refractivity contribution in [1.82, 2.24) is 16.0 Å². The van der Waals surface area contributed by atoms with Gasteiger partial charge in [-0.25, -0.2) is 4.79 Å². The summed E-state index contributed by atoms with van der Waals surface area (Å²) in [4.78, 5) is 23.9. The van der Waals surface area contributed by atoms with Crippen molar-refractivity contribution in [2.45, 2.75) is 57.1 Å². The molecule has 4 N–H and O–H groups in total. The molecule has 1 fully saturated rings. The fraction of sp³-hybridized carbons (Fsp3) is 0.478. The number of carbonyl (C=O) groups is 2. The van der Waals surface area contributed by atoms with E-state index in [0.717, 1.165) is 29.2 Å². The molecule has 1 unspecified atom stereocenters. The smallest absolute Gasteiger partial charge is 0.315 e. The summed E-state index contributed by atoms with van der Waals surface area (Å²) in [5.41, 5.74) is 0.782. The van der Waals surface area contributed by atoms with Crippen molar-refractivity contribution in [2.24, 2.45) is 0 Å². The molecule has 3 rings (SSSR count). The monoisotopic (exact) mass is 397 g/mol. The summed E-state index contributed by atoms with van der Waals surface area (Å²) in [6.45, 7) is 0.631. The molecule has 0 spiro atoms. The Labute approximate surface area is 172 Å². The van der Waals surface area contributed by atoms with Gasteiger partial charge in [0, 0.05) is 25.6 Å². The van der Waals surface area contributed by atoms with E-state index in [1.807, 2.05) is 42.5 Å². The minimum Gasteiger partial charge on any atom is -0.387 e. The van der Waals surface area contributed by atoms with Gasteiger partial charge < -0.3 is 21.1 Å². The number of nitrogens with one attached hydrogen (secondary N) is 3. The third-order valence-corrected chi connectivity index (χ3v) is 5.46. The number of hydrogen-bond acceptors (Lipinski definition) is 3. The molecule has 1 saturated carbocycles. The van der Waals surface area contributed by atoms with Crippen LogP contribution in [0.25, 0.3) is 10.8 Å². The Morgan fingerprint density at radius 3 is 2.55 bits per heavy atom. The molecule has 0 radical (unpaired) electrons. The zero-order valence-electron chi connectivity index (χ0n) is 16.8. The van der Waals surface area contributed by atoms with Crippen LogP contribution in [-0.2, 0) is 4.79 Å². The molecular weight excluding hydrogens is 366 g/mol. The molecule has 29 heavy (non-hydrogen) atoms. The van der Waals surface area contributed by atoms with Gasteiger partial charge in [0.15, 0.2) is 0 Å². The molecule has 0 saturated heterocycles. The van der Waals surface area contributed by atoms with Gasteiger partial charge in [0.1, 0.15) is 0 Å². The summed E-state index contributed by atoms with van der Waals surface area (Å²) in [6, 6.07) is 13.9. The largest absolute Gasteiger partial charge is 0.387 e. The Bertz CT molecular complexity index is 818. The number of urea groups is 1. The van der Waals surface area contributed by atoms with Crippen molar-refractivity contribution in [3.63, 3.8) is 0 Å². The molecule has 156 valence electrons. The van der Waals surface area contributed by atoms with E-state index >= 15 is 0 Å². The third kappa shape index (κ3) is 6.75. The molecule has 1 aliphatic carbocycles. The summed E-state index contributed by atoms with van der Waals surface area (Å²) in [5.74, 6) is -0.126. The number of carbonyl (C=O) groups excluding carboxylic acids is 2. The van der Waals surface area contributed by atoms with Crippen LogP contribution in [0.2, 0.25) is 0 Å². The van der Waals surface area contributed by atoms with Crippen molar-refractivity contribution in [1.29, 1.82) is 0 Å². The second kappa shape index (κ2) is 10.8. The zero-order valence-corrected chi connectivity index (χ0v) is 16.8. The van der Waals surface area contributed by atoms with Crippen LogP contribution in [0.1, 0.15) is 56.6 Å². The van der Waals surface area contributed by atoms with Crippen LogP contribution in [0, 0.1) is 0 Å². The fourth-order valence-corrected chi connectivity index (χ4v) is 3.77. The summed E-state index contributed by atoms with van der Waals surface area (Å²) in [5, 5.41) is 21.1. The van der Waals surface area contributed by atoms with Crippen LogP contribution in [-0.4, -0.2) is 36.2 Å². The number of aliphatic hydroxyl groups is 1. The van der Waals surface area contributed by atoms with Crippen molar-refractivity contribution in [2.75, 3.05) is 13.1 Å². The normalized spacial score (nSPS) is 15.6. The lowest BCUT2D eigenvalue weighted by Gasteiger charge is -2.22. The predicted molar refractivity (Wildman–Crippen MR) is 115 cm³/mol. The molecule has 0 bridgehead atoms. The lowest BCUT2D eigenvalue weighted by Crippen LogP contribution is -2.43. The first-order valence-corrected chi connectivity index (χ1v) is 10.6. The topological polar surface area (TPSA) is 90.5 Å². The van der Waals surface area contributed by atoms with Crippen LogP contribution in [0.15, 0.2) is 42.5 Å². The minimum absolute atomic E-state index is 0.126. The number of amides is 3. The van der Waals surface area contributed by atoms with Crippen LogP contribution in [0.4, 0.5) is 4.79 Å².